The summed E-state index contributed by atoms with van der Waals surface area (Å²) in [5.74, 6) is -0.542. The summed E-state index contributed by atoms with van der Waals surface area (Å²) in [4.78, 5) is 37.8. The first-order chi connectivity index (χ1) is 12.5. The zero-order valence-electron chi connectivity index (χ0n) is 13.6. The van der Waals surface area contributed by atoms with Gasteiger partial charge in [-0.3, -0.25) is 19.7 Å². The number of ether oxygens (including phenoxy) is 1. The molecule has 0 N–H and O–H groups in total. The summed E-state index contributed by atoms with van der Waals surface area (Å²) >= 11 is 0. The second-order valence-electron chi connectivity index (χ2n) is 5.76. The Hall–Kier alpha value is -3.74. The average molecular weight is 348 g/mol. The van der Waals surface area contributed by atoms with Crippen LogP contribution < -0.4 is 9.64 Å². The monoisotopic (exact) mass is 348 g/mol. The van der Waals surface area contributed by atoms with E-state index in [4.69, 9.17) is 4.74 Å². The van der Waals surface area contributed by atoms with E-state index in [2.05, 4.69) is 0 Å². The summed E-state index contributed by atoms with van der Waals surface area (Å²) in [7, 11) is 1.49. The fraction of sp³-hybridized carbons (Fsp3) is 0.0526. The molecule has 4 rings (SSSR count). The highest BCUT2D eigenvalue weighted by Gasteiger charge is 2.35. The lowest BCUT2D eigenvalue weighted by atomic mass is 9.93. The number of nitro benzene ring substituents is 1. The molecule has 0 unspecified atom stereocenters. The van der Waals surface area contributed by atoms with Crippen molar-refractivity contribution in [3.8, 4) is 5.75 Å². The molecule has 3 aromatic rings. The van der Waals surface area contributed by atoms with Crippen LogP contribution in [0.4, 0.5) is 11.4 Å². The zero-order valence-corrected chi connectivity index (χ0v) is 13.6. The molecule has 1 aliphatic heterocycles. The second-order valence-corrected chi connectivity index (χ2v) is 5.76. The van der Waals surface area contributed by atoms with Gasteiger partial charge in [-0.15, -0.1) is 0 Å². The molecule has 0 saturated heterocycles. The largest absolute Gasteiger partial charge is 0.497 e. The fourth-order valence-electron chi connectivity index (χ4n) is 3.22. The molecule has 2 amide bonds. The van der Waals surface area contributed by atoms with Gasteiger partial charge in [-0.25, -0.2) is 4.90 Å². The SMILES string of the molecule is COc1cccc(N2C(=O)c3cccc4c([N+](=O)[O-])ccc(c34)C2=O)c1. The van der Waals surface area contributed by atoms with Crippen molar-refractivity contribution in [1.29, 1.82) is 0 Å². The number of rotatable bonds is 3. The number of hydrogen-bond donors (Lipinski definition) is 0. The highest BCUT2D eigenvalue weighted by Crippen LogP contribution is 2.37. The van der Waals surface area contributed by atoms with E-state index in [0.717, 1.165) is 4.90 Å². The first-order valence-corrected chi connectivity index (χ1v) is 7.76. The van der Waals surface area contributed by atoms with Gasteiger partial charge in [-0.1, -0.05) is 12.1 Å². The Kier molecular flexibility index (Phi) is 3.43. The van der Waals surface area contributed by atoms with Gasteiger partial charge >= 0.3 is 0 Å². The van der Waals surface area contributed by atoms with Crippen molar-refractivity contribution in [3.63, 3.8) is 0 Å². The topological polar surface area (TPSA) is 89.8 Å². The summed E-state index contributed by atoms with van der Waals surface area (Å²) in [6, 6.07) is 14.0. The van der Waals surface area contributed by atoms with Crippen LogP contribution in [0.3, 0.4) is 0 Å². The first kappa shape index (κ1) is 15.8. The zero-order chi connectivity index (χ0) is 18.4. The molecular weight excluding hydrogens is 336 g/mol. The van der Waals surface area contributed by atoms with Crippen molar-refractivity contribution in [1.82, 2.24) is 0 Å². The minimum atomic E-state index is -0.526. The van der Waals surface area contributed by atoms with Gasteiger partial charge in [0.1, 0.15) is 5.75 Å². The molecule has 26 heavy (non-hydrogen) atoms. The Morgan fingerprint density at radius 2 is 1.65 bits per heavy atom. The lowest BCUT2D eigenvalue weighted by molar-refractivity contribution is -0.383. The Labute approximate surface area is 147 Å². The van der Waals surface area contributed by atoms with Crippen molar-refractivity contribution in [2.75, 3.05) is 12.0 Å². The number of non-ortho nitro benzene ring substituents is 1. The van der Waals surface area contributed by atoms with E-state index in [9.17, 15) is 19.7 Å². The van der Waals surface area contributed by atoms with Gasteiger partial charge in [-0.2, -0.15) is 0 Å². The van der Waals surface area contributed by atoms with Gasteiger partial charge in [0, 0.05) is 28.6 Å². The molecule has 0 fully saturated rings. The molecule has 7 nitrogen and oxygen atoms in total. The highest BCUT2D eigenvalue weighted by molar-refractivity contribution is 6.36. The number of methoxy groups -OCH3 is 1. The van der Waals surface area contributed by atoms with Crippen molar-refractivity contribution in [2.45, 2.75) is 0 Å². The summed E-state index contributed by atoms with van der Waals surface area (Å²) in [6.07, 6.45) is 0. The lowest BCUT2D eigenvalue weighted by Gasteiger charge is -2.27. The first-order valence-electron chi connectivity index (χ1n) is 7.76. The van der Waals surface area contributed by atoms with Gasteiger partial charge in [-0.05, 0) is 30.3 Å². The van der Waals surface area contributed by atoms with E-state index in [1.807, 2.05) is 0 Å². The van der Waals surface area contributed by atoms with E-state index in [1.54, 1.807) is 42.5 Å². The average Bonchev–Trinajstić information content (AvgIpc) is 2.65. The smallest absolute Gasteiger partial charge is 0.277 e. The van der Waals surface area contributed by atoms with Gasteiger partial charge in [0.2, 0.25) is 0 Å². The number of hydrogen-bond acceptors (Lipinski definition) is 5. The number of anilines is 1. The van der Waals surface area contributed by atoms with Crippen molar-refractivity contribution >= 4 is 34.0 Å². The molecule has 128 valence electrons. The molecule has 0 radical (unpaired) electrons. The van der Waals surface area contributed by atoms with Crippen LogP contribution in [-0.2, 0) is 0 Å². The van der Waals surface area contributed by atoms with E-state index >= 15 is 0 Å². The number of benzene rings is 3. The van der Waals surface area contributed by atoms with Crippen molar-refractivity contribution in [2.24, 2.45) is 0 Å². The number of imide groups is 1. The van der Waals surface area contributed by atoms with Crippen molar-refractivity contribution in [3.05, 3.63) is 75.8 Å². The highest BCUT2D eigenvalue weighted by atomic mass is 16.6. The van der Waals surface area contributed by atoms with Gasteiger partial charge in [0.15, 0.2) is 0 Å². The predicted molar refractivity (Wildman–Crippen MR) is 94.7 cm³/mol. The predicted octanol–water partition coefficient (Wildman–Crippen LogP) is 3.56. The number of carbonyl (C=O) groups is 2. The number of nitrogens with zero attached hydrogens (tertiary/aromatic N) is 2. The quantitative estimate of drug-likeness (QED) is 0.410. The van der Waals surface area contributed by atoms with E-state index in [1.165, 1.54) is 19.2 Å². The number of carbonyl (C=O) groups excluding carboxylic acids is 2. The molecular formula is C19H12N2O5. The molecule has 1 heterocycles. The molecule has 3 aromatic carbocycles. The summed E-state index contributed by atoms with van der Waals surface area (Å²) in [6.45, 7) is 0. The van der Waals surface area contributed by atoms with Crippen LogP contribution in [0.2, 0.25) is 0 Å². The second kappa shape index (κ2) is 5.66. The van der Waals surface area contributed by atoms with Crippen LogP contribution in [0.25, 0.3) is 10.8 Å². The van der Waals surface area contributed by atoms with Crippen LogP contribution in [0.5, 0.6) is 5.75 Å². The van der Waals surface area contributed by atoms with Gasteiger partial charge in [0.05, 0.1) is 23.1 Å². The number of nitro groups is 1. The minimum absolute atomic E-state index is 0.138. The molecule has 0 aromatic heterocycles. The third-order valence-electron chi connectivity index (χ3n) is 4.39. The third-order valence-corrected chi connectivity index (χ3v) is 4.39. The summed E-state index contributed by atoms with van der Waals surface area (Å²) < 4.78 is 5.16. The standard InChI is InChI=1S/C19H12N2O5/c1-26-12-5-2-4-11(10-12)20-18(22)14-7-3-6-13-16(21(24)25)9-8-15(17(13)14)19(20)23/h2-10H,1H3. The van der Waals surface area contributed by atoms with E-state index in [-0.39, 0.29) is 22.2 Å². The molecule has 0 spiro atoms. The molecule has 0 aliphatic carbocycles. The molecule has 0 bridgehead atoms. The maximum absolute atomic E-state index is 13.0. The Morgan fingerprint density at radius 1 is 0.962 bits per heavy atom. The molecule has 0 saturated carbocycles. The summed E-state index contributed by atoms with van der Waals surface area (Å²) in [5.41, 5.74) is 0.744. The van der Waals surface area contributed by atoms with E-state index in [0.29, 0.717) is 16.8 Å². The van der Waals surface area contributed by atoms with Gasteiger partial charge in [0.25, 0.3) is 17.5 Å². The summed E-state index contributed by atoms with van der Waals surface area (Å²) in [5, 5.41) is 11.9. The van der Waals surface area contributed by atoms with E-state index < -0.39 is 16.7 Å². The van der Waals surface area contributed by atoms with Crippen LogP contribution in [0.1, 0.15) is 20.7 Å². The Balaban J connectivity index is 1.97. The molecule has 0 atom stereocenters. The van der Waals surface area contributed by atoms with Gasteiger partial charge < -0.3 is 4.74 Å². The van der Waals surface area contributed by atoms with Crippen LogP contribution in [-0.4, -0.2) is 23.8 Å². The van der Waals surface area contributed by atoms with Crippen LogP contribution >= 0.6 is 0 Å². The van der Waals surface area contributed by atoms with Crippen LogP contribution in [0, 0.1) is 10.1 Å². The molecule has 7 heteroatoms. The Morgan fingerprint density at radius 3 is 2.35 bits per heavy atom. The van der Waals surface area contributed by atoms with Crippen molar-refractivity contribution < 1.29 is 19.2 Å². The fourth-order valence-corrected chi connectivity index (χ4v) is 3.22. The maximum atomic E-state index is 13.0. The normalized spacial score (nSPS) is 13.2. The molecule has 1 aliphatic rings. The lowest BCUT2D eigenvalue weighted by Crippen LogP contribution is -2.40. The number of amides is 2. The maximum Gasteiger partial charge on any atom is 0.277 e. The van der Waals surface area contributed by atoms with Crippen LogP contribution in [0.15, 0.2) is 54.6 Å². The minimum Gasteiger partial charge on any atom is -0.497 e. The Bertz CT molecular complexity index is 1080. The third kappa shape index (κ3) is 2.14.